The molecule has 2 rings (SSSR count). The summed E-state index contributed by atoms with van der Waals surface area (Å²) < 4.78 is 9.26. The van der Waals surface area contributed by atoms with Gasteiger partial charge in [0.05, 0.1) is 36.0 Å². The molecule has 124 valence electrons. The molecule has 8 nitrogen and oxygen atoms in total. The predicted octanol–water partition coefficient (Wildman–Crippen LogP) is 2.91. The fraction of sp³-hybridized carbons (Fsp3) is 0.125. The van der Waals surface area contributed by atoms with Gasteiger partial charge in [0.15, 0.2) is 0 Å². The number of benzene rings is 2. The Morgan fingerprint density at radius 3 is 2.17 bits per heavy atom. The van der Waals surface area contributed by atoms with Crippen LogP contribution in [0.2, 0.25) is 0 Å². The fourth-order valence-corrected chi connectivity index (χ4v) is 2.00. The monoisotopic (exact) mass is 330 g/mol. The van der Waals surface area contributed by atoms with Crippen LogP contribution in [-0.4, -0.2) is 31.1 Å². The number of ether oxygens (including phenoxy) is 2. The van der Waals surface area contributed by atoms with E-state index < -0.39 is 16.9 Å². The number of hydrogen-bond acceptors (Lipinski definition) is 7. The van der Waals surface area contributed by atoms with E-state index in [4.69, 9.17) is 0 Å². The van der Waals surface area contributed by atoms with Crippen molar-refractivity contribution >= 4 is 29.0 Å². The molecule has 0 radical (unpaired) electrons. The zero-order valence-corrected chi connectivity index (χ0v) is 12.9. The summed E-state index contributed by atoms with van der Waals surface area (Å²) in [5.74, 6) is -1.17. The summed E-state index contributed by atoms with van der Waals surface area (Å²) in [4.78, 5) is 33.5. The van der Waals surface area contributed by atoms with Gasteiger partial charge in [-0.25, -0.2) is 9.59 Å². The van der Waals surface area contributed by atoms with Gasteiger partial charge in [-0.05, 0) is 30.3 Å². The molecule has 0 bridgehead atoms. The van der Waals surface area contributed by atoms with Crippen LogP contribution in [0.1, 0.15) is 20.7 Å². The van der Waals surface area contributed by atoms with Gasteiger partial charge in [-0.2, -0.15) is 0 Å². The van der Waals surface area contributed by atoms with Crippen LogP contribution in [0.5, 0.6) is 0 Å². The molecular weight excluding hydrogens is 316 g/mol. The number of methoxy groups -OCH3 is 2. The third-order valence-corrected chi connectivity index (χ3v) is 3.20. The van der Waals surface area contributed by atoms with Crippen LogP contribution in [0, 0.1) is 10.1 Å². The van der Waals surface area contributed by atoms with Gasteiger partial charge in [-0.1, -0.05) is 0 Å². The minimum atomic E-state index is -0.701. The van der Waals surface area contributed by atoms with Crippen molar-refractivity contribution in [1.29, 1.82) is 0 Å². The van der Waals surface area contributed by atoms with E-state index in [1.807, 2.05) is 0 Å². The second-order valence-electron chi connectivity index (χ2n) is 4.67. The lowest BCUT2D eigenvalue weighted by molar-refractivity contribution is -0.384. The maximum Gasteiger partial charge on any atom is 0.340 e. The van der Waals surface area contributed by atoms with Crippen LogP contribution in [0.25, 0.3) is 0 Å². The molecule has 0 aliphatic heterocycles. The molecule has 1 N–H and O–H groups in total. The highest BCUT2D eigenvalue weighted by molar-refractivity contribution is 5.97. The number of carbonyl (C=O) groups excluding carboxylic acids is 2. The molecule has 0 amide bonds. The van der Waals surface area contributed by atoms with Crippen LogP contribution in [0.4, 0.5) is 17.1 Å². The molecule has 8 heteroatoms. The Balaban J connectivity index is 2.33. The molecule has 2 aromatic rings. The molecule has 2 aromatic carbocycles. The number of nitrogens with one attached hydrogen (secondary N) is 1. The van der Waals surface area contributed by atoms with E-state index >= 15 is 0 Å². The first kappa shape index (κ1) is 16.9. The molecule has 0 saturated carbocycles. The Kier molecular flexibility index (Phi) is 5.10. The minimum Gasteiger partial charge on any atom is -0.465 e. The normalized spacial score (nSPS) is 9.92. The summed E-state index contributed by atoms with van der Waals surface area (Å²) in [5.41, 5.74) is 1.12. The number of esters is 2. The Hall–Kier alpha value is -3.42. The summed E-state index contributed by atoms with van der Waals surface area (Å²) >= 11 is 0. The molecule has 24 heavy (non-hydrogen) atoms. The zero-order valence-electron chi connectivity index (χ0n) is 12.9. The maximum absolute atomic E-state index is 11.8. The van der Waals surface area contributed by atoms with E-state index in [1.165, 1.54) is 26.4 Å². The molecule has 0 heterocycles. The SMILES string of the molecule is COC(=O)c1ccc(Nc2ccc([N+](=O)[O-])cc2C(=O)OC)cc1. The second kappa shape index (κ2) is 7.23. The van der Waals surface area contributed by atoms with E-state index in [9.17, 15) is 19.7 Å². The summed E-state index contributed by atoms with van der Waals surface area (Å²) in [6.07, 6.45) is 0. The molecule has 0 atom stereocenters. The third kappa shape index (κ3) is 3.67. The predicted molar refractivity (Wildman–Crippen MR) is 85.5 cm³/mol. The number of anilines is 2. The van der Waals surface area contributed by atoms with Crippen LogP contribution >= 0.6 is 0 Å². The average Bonchev–Trinajstić information content (AvgIpc) is 2.61. The van der Waals surface area contributed by atoms with Gasteiger partial charge >= 0.3 is 11.9 Å². The lowest BCUT2D eigenvalue weighted by Gasteiger charge is -2.11. The molecule has 0 aliphatic rings. The van der Waals surface area contributed by atoms with Crippen molar-refractivity contribution in [1.82, 2.24) is 0 Å². The van der Waals surface area contributed by atoms with E-state index in [-0.39, 0.29) is 11.3 Å². The standard InChI is InChI=1S/C16H14N2O6/c1-23-15(19)10-3-5-11(6-4-10)17-14-8-7-12(18(21)22)9-13(14)16(20)24-2/h3-9,17H,1-2H3. The number of nitro groups is 1. The average molecular weight is 330 g/mol. The number of carbonyl (C=O) groups is 2. The summed E-state index contributed by atoms with van der Waals surface area (Å²) in [7, 11) is 2.48. The molecule has 0 aliphatic carbocycles. The highest BCUT2D eigenvalue weighted by Gasteiger charge is 2.17. The minimum absolute atomic E-state index is 0.0312. The largest absolute Gasteiger partial charge is 0.465 e. The topological polar surface area (TPSA) is 108 Å². The van der Waals surface area contributed by atoms with Gasteiger partial charge in [0, 0.05) is 17.8 Å². The Bertz CT molecular complexity index is 786. The Morgan fingerprint density at radius 2 is 1.62 bits per heavy atom. The van der Waals surface area contributed by atoms with Gasteiger partial charge in [0.25, 0.3) is 5.69 Å². The van der Waals surface area contributed by atoms with E-state index in [2.05, 4.69) is 14.8 Å². The zero-order chi connectivity index (χ0) is 17.7. The smallest absolute Gasteiger partial charge is 0.340 e. The van der Waals surface area contributed by atoms with Gasteiger partial charge < -0.3 is 14.8 Å². The molecule has 0 saturated heterocycles. The molecule has 0 spiro atoms. The lowest BCUT2D eigenvalue weighted by Crippen LogP contribution is -2.07. The first-order valence-corrected chi connectivity index (χ1v) is 6.78. The van der Waals surface area contributed by atoms with Gasteiger partial charge in [-0.15, -0.1) is 0 Å². The summed E-state index contributed by atoms with van der Waals surface area (Å²) in [5, 5.41) is 13.8. The molecule has 0 fully saturated rings. The van der Waals surface area contributed by atoms with Crippen LogP contribution in [0.15, 0.2) is 42.5 Å². The molecule has 0 unspecified atom stereocenters. The quantitative estimate of drug-likeness (QED) is 0.510. The van der Waals surface area contributed by atoms with E-state index in [1.54, 1.807) is 24.3 Å². The van der Waals surface area contributed by atoms with E-state index in [0.717, 1.165) is 6.07 Å². The lowest BCUT2D eigenvalue weighted by atomic mass is 10.1. The van der Waals surface area contributed by atoms with Crippen molar-refractivity contribution in [3.63, 3.8) is 0 Å². The van der Waals surface area contributed by atoms with Gasteiger partial charge in [0.2, 0.25) is 0 Å². The van der Waals surface area contributed by atoms with Crippen molar-refractivity contribution in [2.24, 2.45) is 0 Å². The van der Waals surface area contributed by atoms with Crippen LogP contribution in [0.3, 0.4) is 0 Å². The third-order valence-electron chi connectivity index (χ3n) is 3.20. The van der Waals surface area contributed by atoms with Crippen molar-refractivity contribution in [3.05, 3.63) is 63.7 Å². The van der Waals surface area contributed by atoms with Crippen molar-refractivity contribution < 1.29 is 24.0 Å². The van der Waals surface area contributed by atoms with E-state index in [0.29, 0.717) is 16.9 Å². The Morgan fingerprint density at radius 1 is 1.00 bits per heavy atom. The fourth-order valence-electron chi connectivity index (χ4n) is 2.00. The molecule has 0 aromatic heterocycles. The van der Waals surface area contributed by atoms with Crippen LogP contribution in [-0.2, 0) is 9.47 Å². The number of nitro benzene ring substituents is 1. The van der Waals surface area contributed by atoms with Gasteiger partial charge in [-0.3, -0.25) is 10.1 Å². The first-order valence-electron chi connectivity index (χ1n) is 6.78. The number of hydrogen-bond donors (Lipinski definition) is 1. The first-order chi connectivity index (χ1) is 11.5. The maximum atomic E-state index is 11.8. The summed E-state index contributed by atoms with van der Waals surface area (Å²) in [6.45, 7) is 0. The highest BCUT2D eigenvalue weighted by atomic mass is 16.6. The highest BCUT2D eigenvalue weighted by Crippen LogP contribution is 2.26. The van der Waals surface area contributed by atoms with Crippen molar-refractivity contribution in [3.8, 4) is 0 Å². The van der Waals surface area contributed by atoms with Gasteiger partial charge in [0.1, 0.15) is 0 Å². The number of nitrogens with zero attached hydrogens (tertiary/aromatic N) is 1. The van der Waals surface area contributed by atoms with Crippen molar-refractivity contribution in [2.45, 2.75) is 0 Å². The van der Waals surface area contributed by atoms with Crippen LogP contribution < -0.4 is 5.32 Å². The number of rotatable bonds is 5. The Labute approximate surface area is 137 Å². The van der Waals surface area contributed by atoms with Crippen molar-refractivity contribution in [2.75, 3.05) is 19.5 Å². The second-order valence-corrected chi connectivity index (χ2v) is 4.67. The summed E-state index contributed by atoms with van der Waals surface area (Å²) in [6, 6.07) is 10.2. The number of non-ortho nitro benzene ring substituents is 1. The molecular formula is C16H14N2O6.